The predicted molar refractivity (Wildman–Crippen MR) is 133 cm³/mol. The summed E-state index contributed by atoms with van der Waals surface area (Å²) in [5, 5.41) is 5.33. The summed E-state index contributed by atoms with van der Waals surface area (Å²) in [6, 6.07) is 12.8. The van der Waals surface area contributed by atoms with Crippen LogP contribution in [0, 0.1) is 6.92 Å². The molecule has 2 aliphatic rings. The minimum Gasteiger partial charge on any atom is -0.352 e. The fourth-order valence-electron chi connectivity index (χ4n) is 5.16. The first-order chi connectivity index (χ1) is 15.9. The highest BCUT2D eigenvalue weighted by molar-refractivity contribution is 7.09. The number of nitrogens with zero attached hydrogens (tertiary/aromatic N) is 2. The van der Waals surface area contributed by atoms with Gasteiger partial charge in [0.05, 0.1) is 0 Å². The van der Waals surface area contributed by atoms with Crippen LogP contribution in [0.1, 0.15) is 55.0 Å². The molecule has 1 aliphatic heterocycles. The molecule has 1 saturated heterocycles. The lowest BCUT2D eigenvalue weighted by Crippen LogP contribution is -2.49. The van der Waals surface area contributed by atoms with Gasteiger partial charge in [-0.15, -0.1) is 11.3 Å². The Morgan fingerprint density at radius 2 is 1.88 bits per heavy atom. The van der Waals surface area contributed by atoms with Gasteiger partial charge in [-0.2, -0.15) is 0 Å². The van der Waals surface area contributed by atoms with Gasteiger partial charge in [-0.1, -0.05) is 30.3 Å². The van der Waals surface area contributed by atoms with Crippen molar-refractivity contribution in [1.29, 1.82) is 0 Å². The predicted octanol–water partition coefficient (Wildman–Crippen LogP) is 3.43. The number of benzene rings is 1. The molecule has 0 spiro atoms. The molecule has 1 aromatic heterocycles. The van der Waals surface area contributed by atoms with E-state index in [1.54, 1.807) is 23.2 Å². The van der Waals surface area contributed by atoms with E-state index in [0.717, 1.165) is 38.8 Å². The first-order valence-corrected chi connectivity index (χ1v) is 12.9. The van der Waals surface area contributed by atoms with Gasteiger partial charge in [0.1, 0.15) is 6.04 Å². The lowest BCUT2D eigenvalue weighted by Gasteiger charge is -2.29. The first-order valence-electron chi connectivity index (χ1n) is 12.0. The Hall–Kier alpha value is -2.22. The summed E-state index contributed by atoms with van der Waals surface area (Å²) in [5.74, 6) is -0.0459. The van der Waals surface area contributed by atoms with Crippen molar-refractivity contribution in [3.8, 4) is 0 Å². The highest BCUT2D eigenvalue weighted by atomic mass is 32.1. The summed E-state index contributed by atoms with van der Waals surface area (Å²) >= 11 is 1.75. The third kappa shape index (κ3) is 6.02. The van der Waals surface area contributed by atoms with Crippen molar-refractivity contribution < 1.29 is 9.59 Å². The SMILES string of the molecule is CC(=O)N1CC(N(Cc2cccs2)Cc2ccccc2C)CC1C(=O)NC1CCC(N)CC1. The Morgan fingerprint density at radius 1 is 1.12 bits per heavy atom. The van der Waals surface area contributed by atoms with Crippen LogP contribution < -0.4 is 11.1 Å². The third-order valence-electron chi connectivity index (χ3n) is 7.19. The number of amides is 2. The topological polar surface area (TPSA) is 78.7 Å². The lowest BCUT2D eigenvalue weighted by atomic mass is 9.91. The molecule has 33 heavy (non-hydrogen) atoms. The van der Waals surface area contributed by atoms with E-state index in [2.05, 4.69) is 58.9 Å². The van der Waals surface area contributed by atoms with Gasteiger partial charge in [0, 0.05) is 49.6 Å². The molecule has 2 amide bonds. The van der Waals surface area contributed by atoms with Crippen molar-refractivity contribution in [1.82, 2.24) is 15.1 Å². The van der Waals surface area contributed by atoms with Gasteiger partial charge < -0.3 is 16.0 Å². The van der Waals surface area contributed by atoms with E-state index < -0.39 is 6.04 Å². The van der Waals surface area contributed by atoms with E-state index >= 15 is 0 Å². The molecule has 2 atom stereocenters. The molecule has 3 N–H and O–H groups in total. The number of nitrogens with one attached hydrogen (secondary N) is 1. The zero-order valence-corrected chi connectivity index (χ0v) is 20.5. The third-order valence-corrected chi connectivity index (χ3v) is 8.06. The molecule has 2 aromatic rings. The zero-order chi connectivity index (χ0) is 23.4. The fourth-order valence-corrected chi connectivity index (χ4v) is 5.89. The second-order valence-corrected chi connectivity index (χ2v) is 10.6. The van der Waals surface area contributed by atoms with E-state index in [9.17, 15) is 9.59 Å². The molecular formula is C26H36N4O2S. The minimum atomic E-state index is -0.411. The van der Waals surface area contributed by atoms with Gasteiger partial charge in [-0.3, -0.25) is 14.5 Å². The van der Waals surface area contributed by atoms with Crippen LogP contribution in [0.2, 0.25) is 0 Å². The smallest absolute Gasteiger partial charge is 0.243 e. The summed E-state index contributed by atoms with van der Waals surface area (Å²) in [5.41, 5.74) is 8.57. The molecule has 1 aliphatic carbocycles. The normalized spacial score (nSPS) is 25.4. The molecular weight excluding hydrogens is 432 g/mol. The molecule has 2 unspecified atom stereocenters. The fraction of sp³-hybridized carbons (Fsp3) is 0.538. The van der Waals surface area contributed by atoms with Gasteiger partial charge in [0.2, 0.25) is 11.8 Å². The standard InChI is InChI=1S/C26H36N4O2S/c1-18-6-3-4-7-20(18)15-29(17-24-8-5-13-33-24)23-14-25(30(16-23)19(2)31)26(32)28-22-11-9-21(27)10-12-22/h3-8,13,21-23,25H,9-12,14-17,27H2,1-2H3,(H,28,32). The van der Waals surface area contributed by atoms with Gasteiger partial charge in [-0.25, -0.2) is 0 Å². The van der Waals surface area contributed by atoms with Crippen LogP contribution in [-0.2, 0) is 22.7 Å². The molecule has 0 radical (unpaired) electrons. The Bertz CT molecular complexity index is 940. The number of hydrogen-bond acceptors (Lipinski definition) is 5. The molecule has 7 heteroatoms. The van der Waals surface area contributed by atoms with Crippen LogP contribution in [0.4, 0.5) is 0 Å². The number of rotatable bonds is 7. The largest absolute Gasteiger partial charge is 0.352 e. The van der Waals surface area contributed by atoms with Crippen LogP contribution in [0.5, 0.6) is 0 Å². The van der Waals surface area contributed by atoms with Crippen molar-refractivity contribution in [2.75, 3.05) is 6.54 Å². The molecule has 4 rings (SSSR count). The van der Waals surface area contributed by atoms with Crippen molar-refractivity contribution in [3.05, 3.63) is 57.8 Å². The van der Waals surface area contributed by atoms with E-state index in [-0.39, 0.29) is 29.9 Å². The van der Waals surface area contributed by atoms with Gasteiger partial charge in [-0.05, 0) is 61.6 Å². The molecule has 6 nitrogen and oxygen atoms in total. The van der Waals surface area contributed by atoms with Crippen LogP contribution in [-0.4, -0.2) is 52.3 Å². The average Bonchev–Trinajstić information content (AvgIpc) is 3.46. The summed E-state index contributed by atoms with van der Waals surface area (Å²) in [4.78, 5) is 31.3. The monoisotopic (exact) mass is 468 g/mol. The zero-order valence-electron chi connectivity index (χ0n) is 19.7. The Balaban J connectivity index is 1.50. The number of hydrogen-bond donors (Lipinski definition) is 2. The lowest BCUT2D eigenvalue weighted by molar-refractivity contribution is -0.137. The van der Waals surface area contributed by atoms with Crippen LogP contribution in [0.15, 0.2) is 41.8 Å². The van der Waals surface area contributed by atoms with Crippen molar-refractivity contribution in [3.63, 3.8) is 0 Å². The summed E-state index contributed by atoms with van der Waals surface area (Å²) in [6.45, 7) is 5.92. The molecule has 0 bridgehead atoms. The van der Waals surface area contributed by atoms with Gasteiger partial charge >= 0.3 is 0 Å². The average molecular weight is 469 g/mol. The van der Waals surface area contributed by atoms with Crippen molar-refractivity contribution in [2.24, 2.45) is 5.73 Å². The number of aryl methyl sites for hydroxylation is 1. The van der Waals surface area contributed by atoms with Crippen molar-refractivity contribution in [2.45, 2.75) is 83.2 Å². The van der Waals surface area contributed by atoms with E-state index in [1.165, 1.54) is 16.0 Å². The Kier molecular flexibility index (Phi) is 7.83. The number of likely N-dealkylation sites (tertiary alicyclic amines) is 1. The maximum absolute atomic E-state index is 13.3. The second-order valence-electron chi connectivity index (χ2n) is 9.61. The summed E-state index contributed by atoms with van der Waals surface area (Å²) in [6.07, 6.45) is 4.39. The summed E-state index contributed by atoms with van der Waals surface area (Å²) in [7, 11) is 0. The van der Waals surface area contributed by atoms with Crippen LogP contribution >= 0.6 is 11.3 Å². The second kappa shape index (κ2) is 10.8. The Morgan fingerprint density at radius 3 is 2.55 bits per heavy atom. The molecule has 2 fully saturated rings. The highest BCUT2D eigenvalue weighted by Crippen LogP contribution is 2.28. The highest BCUT2D eigenvalue weighted by Gasteiger charge is 2.41. The Labute approximate surface area is 201 Å². The number of thiophene rings is 1. The quantitative estimate of drug-likeness (QED) is 0.653. The number of carbonyl (C=O) groups excluding carboxylic acids is 2. The van der Waals surface area contributed by atoms with E-state index in [0.29, 0.717) is 13.0 Å². The van der Waals surface area contributed by atoms with Crippen LogP contribution in [0.3, 0.4) is 0 Å². The summed E-state index contributed by atoms with van der Waals surface area (Å²) < 4.78 is 0. The molecule has 1 aromatic carbocycles. The maximum atomic E-state index is 13.3. The van der Waals surface area contributed by atoms with Crippen molar-refractivity contribution >= 4 is 23.2 Å². The first kappa shape index (κ1) is 23.9. The van der Waals surface area contributed by atoms with E-state index in [4.69, 9.17) is 5.73 Å². The van der Waals surface area contributed by atoms with Gasteiger partial charge in [0.25, 0.3) is 0 Å². The van der Waals surface area contributed by atoms with Crippen LogP contribution in [0.25, 0.3) is 0 Å². The van der Waals surface area contributed by atoms with Gasteiger partial charge in [0.15, 0.2) is 0 Å². The van der Waals surface area contributed by atoms with E-state index in [1.807, 2.05) is 0 Å². The molecule has 2 heterocycles. The maximum Gasteiger partial charge on any atom is 0.243 e. The number of carbonyl (C=O) groups is 2. The minimum absolute atomic E-state index is 0.0138. The number of nitrogens with two attached hydrogens (primary N) is 1. The molecule has 1 saturated carbocycles. The molecule has 178 valence electrons.